The molecule has 2 aliphatic carbocycles. The summed E-state index contributed by atoms with van der Waals surface area (Å²) in [5.74, 6) is 1.51. The van der Waals surface area contributed by atoms with Gasteiger partial charge in [0.05, 0.1) is 56.0 Å². The van der Waals surface area contributed by atoms with Crippen LogP contribution >= 0.6 is 0 Å². The predicted octanol–water partition coefficient (Wildman–Crippen LogP) is 6.43. The molecule has 2 aromatic heterocycles. The molecule has 3 fully saturated rings. The third kappa shape index (κ3) is 7.29. The highest BCUT2D eigenvalue weighted by Gasteiger charge is 2.60. The Labute approximate surface area is 320 Å². The summed E-state index contributed by atoms with van der Waals surface area (Å²) >= 11 is 0. The first-order valence-corrected chi connectivity index (χ1v) is 19.1. The number of carbonyl (C=O) groups is 4. The second-order valence-corrected chi connectivity index (χ2v) is 15.4. The summed E-state index contributed by atoms with van der Waals surface area (Å²) in [6.07, 6.45) is 6.11. The number of nitrogens with one attached hydrogen (secondary N) is 4. The average Bonchev–Trinajstić information content (AvgIpc) is 3.97. The molecule has 0 spiro atoms. The van der Waals surface area contributed by atoms with Crippen LogP contribution in [0.25, 0.3) is 33.6 Å². The highest BCUT2D eigenvalue weighted by molar-refractivity contribution is 5.86. The average molecular weight is 751 g/mol. The Bertz CT molecular complexity index is 2020. The molecule has 4 N–H and O–H groups in total. The Morgan fingerprint density at radius 1 is 0.782 bits per heavy atom. The van der Waals surface area contributed by atoms with Crippen molar-refractivity contribution < 1.29 is 28.7 Å². The van der Waals surface area contributed by atoms with Crippen LogP contribution in [0.3, 0.4) is 0 Å². The van der Waals surface area contributed by atoms with Crippen LogP contribution < -0.4 is 10.7 Å². The Morgan fingerprint density at radius 3 is 1.87 bits per heavy atom. The van der Waals surface area contributed by atoms with Crippen LogP contribution in [0.15, 0.2) is 60.9 Å². The Kier molecular flexibility index (Phi) is 10.7. The van der Waals surface area contributed by atoms with E-state index in [1.165, 1.54) is 19.2 Å². The third-order valence-electron chi connectivity index (χ3n) is 11.6. The van der Waals surface area contributed by atoms with Gasteiger partial charge in [-0.25, -0.2) is 24.6 Å². The van der Waals surface area contributed by atoms with Crippen molar-refractivity contribution in [1.29, 1.82) is 0 Å². The molecule has 1 unspecified atom stereocenters. The molecular weight excluding hydrogens is 701 g/mol. The molecule has 290 valence electrons. The summed E-state index contributed by atoms with van der Waals surface area (Å²) in [4.78, 5) is 69.3. The molecule has 4 aromatic rings. The summed E-state index contributed by atoms with van der Waals surface area (Å²) in [6, 6.07) is 15.4. The lowest BCUT2D eigenvalue weighted by Gasteiger charge is -2.57. The molecule has 2 aromatic carbocycles. The first-order valence-electron chi connectivity index (χ1n) is 19.1. The van der Waals surface area contributed by atoms with Crippen molar-refractivity contribution in [2.75, 3.05) is 20.8 Å². The molecule has 14 heteroatoms. The van der Waals surface area contributed by atoms with Crippen LogP contribution in [0.5, 0.6) is 0 Å². The monoisotopic (exact) mass is 750 g/mol. The number of fused-ring (bicyclic) bond motifs is 1. The molecule has 0 radical (unpaired) electrons. The lowest BCUT2D eigenvalue weighted by atomic mass is 9.46. The van der Waals surface area contributed by atoms with Gasteiger partial charge in [-0.05, 0) is 79.5 Å². The number of benzene rings is 2. The molecule has 4 amide bonds. The number of aromatic amines is 2. The quantitative estimate of drug-likeness (QED) is 0.134. The standard InChI is InChI=1S/C41H50N8O6/c1-22(2)35(46-40(52)54-5)39(51)48-19-7-8-32(48)36-42-20-30(44-36)26-13-9-24(10-14-26)25-11-15-27(16-12-25)31-21-43-37(45-31)33-28-17-18-29(28)34(33)38(50)47-49(23(3)4)41(53)55-6/h9-16,20-23,28-29,32-35H,7-8,17-19H2,1-6H3,(H,42,44)(H,43,45)(H,46,52)(H,47,50)/t28-,29?,32-,33+,34+,35-/m0/s1. The van der Waals surface area contributed by atoms with Gasteiger partial charge in [-0.15, -0.1) is 0 Å². The highest BCUT2D eigenvalue weighted by atomic mass is 16.5. The number of nitrogens with zero attached hydrogens (tertiary/aromatic N) is 4. The normalized spacial score (nSPS) is 22.0. The number of alkyl carbamates (subject to hydrolysis) is 1. The molecule has 3 aliphatic rings. The number of methoxy groups -OCH3 is 2. The van der Waals surface area contributed by atoms with E-state index in [0.29, 0.717) is 18.4 Å². The second-order valence-electron chi connectivity index (χ2n) is 15.4. The van der Waals surface area contributed by atoms with Crippen LogP contribution in [0.1, 0.15) is 77.0 Å². The van der Waals surface area contributed by atoms with Crippen LogP contribution in [0.2, 0.25) is 0 Å². The maximum absolute atomic E-state index is 13.5. The molecule has 7 rings (SSSR count). The number of hydrogen-bond acceptors (Lipinski definition) is 8. The zero-order valence-electron chi connectivity index (χ0n) is 32.2. The molecule has 3 heterocycles. The minimum atomic E-state index is -0.686. The van der Waals surface area contributed by atoms with Gasteiger partial charge in [0.15, 0.2) is 0 Å². The first-order chi connectivity index (χ1) is 26.5. The highest BCUT2D eigenvalue weighted by Crippen LogP contribution is 2.62. The fourth-order valence-electron chi connectivity index (χ4n) is 8.42. The third-order valence-corrected chi connectivity index (χ3v) is 11.6. The molecule has 55 heavy (non-hydrogen) atoms. The van der Waals surface area contributed by atoms with Crippen molar-refractivity contribution in [3.8, 4) is 33.6 Å². The smallest absolute Gasteiger partial charge is 0.428 e. The number of likely N-dealkylation sites (tertiary alicyclic amines) is 1. The molecule has 6 atom stereocenters. The lowest BCUT2D eigenvalue weighted by molar-refractivity contribution is -0.150. The minimum Gasteiger partial charge on any atom is -0.453 e. The van der Waals surface area contributed by atoms with E-state index in [2.05, 4.69) is 74.2 Å². The van der Waals surface area contributed by atoms with Crippen LogP contribution in [-0.2, 0) is 19.1 Å². The number of H-pyrrole nitrogens is 2. The fourth-order valence-corrected chi connectivity index (χ4v) is 8.42. The van der Waals surface area contributed by atoms with Gasteiger partial charge in [-0.2, -0.15) is 0 Å². The maximum atomic E-state index is 13.5. The van der Waals surface area contributed by atoms with Crippen molar-refractivity contribution in [1.82, 2.24) is 40.6 Å². The lowest BCUT2D eigenvalue weighted by Crippen LogP contribution is -2.61. The zero-order valence-corrected chi connectivity index (χ0v) is 32.2. The number of rotatable bonds is 10. The number of imidazole rings is 2. The molecule has 1 aliphatic heterocycles. The number of aromatic nitrogens is 4. The summed E-state index contributed by atoms with van der Waals surface area (Å²) < 4.78 is 9.62. The van der Waals surface area contributed by atoms with E-state index in [-0.39, 0.29) is 41.7 Å². The van der Waals surface area contributed by atoms with Crippen molar-refractivity contribution in [2.24, 2.45) is 23.7 Å². The largest absolute Gasteiger partial charge is 0.453 e. The van der Waals surface area contributed by atoms with Gasteiger partial charge in [0.25, 0.3) is 0 Å². The molecule has 14 nitrogen and oxygen atoms in total. The Morgan fingerprint density at radius 2 is 1.35 bits per heavy atom. The minimum absolute atomic E-state index is 0.0324. The molecule has 0 bridgehead atoms. The van der Waals surface area contributed by atoms with E-state index < -0.39 is 18.2 Å². The predicted molar refractivity (Wildman–Crippen MR) is 205 cm³/mol. The topological polar surface area (TPSA) is 175 Å². The van der Waals surface area contributed by atoms with E-state index >= 15 is 0 Å². The van der Waals surface area contributed by atoms with Gasteiger partial charge < -0.3 is 29.7 Å². The van der Waals surface area contributed by atoms with Crippen LogP contribution in [-0.4, -0.2) is 86.7 Å². The van der Waals surface area contributed by atoms with Gasteiger partial charge in [0.1, 0.15) is 17.7 Å². The molecule has 1 saturated heterocycles. The van der Waals surface area contributed by atoms with Gasteiger partial charge in [-0.1, -0.05) is 62.4 Å². The second kappa shape index (κ2) is 15.6. The molecular formula is C41H50N8O6. The fraction of sp³-hybridized carbons (Fsp3) is 0.463. The number of hydrazine groups is 1. The van der Waals surface area contributed by atoms with Crippen molar-refractivity contribution in [3.63, 3.8) is 0 Å². The Hall–Kier alpha value is -5.66. The maximum Gasteiger partial charge on any atom is 0.428 e. The Balaban J connectivity index is 0.999. The van der Waals surface area contributed by atoms with E-state index in [0.717, 1.165) is 71.0 Å². The van der Waals surface area contributed by atoms with Gasteiger partial charge in [0.2, 0.25) is 11.8 Å². The number of hydrogen-bond donors (Lipinski definition) is 4. The van der Waals surface area contributed by atoms with E-state index in [4.69, 9.17) is 14.5 Å². The van der Waals surface area contributed by atoms with Crippen LogP contribution in [0, 0.1) is 23.7 Å². The van der Waals surface area contributed by atoms with E-state index in [1.54, 1.807) is 6.20 Å². The summed E-state index contributed by atoms with van der Waals surface area (Å²) in [5, 5.41) is 3.94. The van der Waals surface area contributed by atoms with Gasteiger partial charge in [0, 0.05) is 12.5 Å². The number of amides is 4. The van der Waals surface area contributed by atoms with Crippen LogP contribution in [0.4, 0.5) is 9.59 Å². The van der Waals surface area contributed by atoms with Gasteiger partial charge >= 0.3 is 12.2 Å². The molecule has 2 saturated carbocycles. The summed E-state index contributed by atoms with van der Waals surface area (Å²) in [5.41, 5.74) is 8.64. The van der Waals surface area contributed by atoms with Gasteiger partial charge in [-0.3, -0.25) is 15.0 Å². The van der Waals surface area contributed by atoms with Crippen molar-refractivity contribution >= 4 is 24.0 Å². The van der Waals surface area contributed by atoms with Crippen molar-refractivity contribution in [2.45, 2.75) is 77.4 Å². The zero-order chi connectivity index (χ0) is 39.0. The first kappa shape index (κ1) is 37.6. The summed E-state index contributed by atoms with van der Waals surface area (Å²) in [6.45, 7) is 8.05. The van der Waals surface area contributed by atoms with E-state index in [1.807, 2.05) is 38.8 Å². The number of carbonyl (C=O) groups excluding carboxylic acids is 4. The SMILES string of the molecule is COC(=O)N[C@H](C(=O)N1CCC[C@H]1c1ncc(-c2ccc(-c3ccc(-c4cnc([C@H]5[C@H](C(=O)NN(C(=O)OC)C(C)C)C6CC[C@@H]65)[nH]4)cc3)cc2)[nH]1)C(C)C. The van der Waals surface area contributed by atoms with E-state index in [9.17, 15) is 19.2 Å². The van der Waals surface area contributed by atoms with Crippen molar-refractivity contribution in [3.05, 3.63) is 72.6 Å². The number of ether oxygens (including phenoxy) is 2. The summed E-state index contributed by atoms with van der Waals surface area (Å²) in [7, 11) is 2.59.